The monoisotopic (exact) mass is 248 g/mol. The van der Waals surface area contributed by atoms with Crippen LogP contribution in [0.15, 0.2) is 12.1 Å². The van der Waals surface area contributed by atoms with Crippen LogP contribution in [-0.4, -0.2) is 18.3 Å². The first-order chi connectivity index (χ1) is 8.85. The van der Waals surface area contributed by atoms with E-state index in [0.29, 0.717) is 13.2 Å². The summed E-state index contributed by atoms with van der Waals surface area (Å²) in [6.07, 6.45) is 6.99. The molecule has 0 unspecified atom stereocenters. The lowest BCUT2D eigenvalue weighted by atomic mass is 9.86. The zero-order chi connectivity index (χ0) is 12.8. The molecule has 0 atom stereocenters. The highest BCUT2D eigenvalue weighted by molar-refractivity contribution is 5.40. The molecule has 0 radical (unpaired) electrons. The molecule has 2 nitrogen and oxygen atoms in total. The Morgan fingerprint density at radius 3 is 2.83 bits per heavy atom. The van der Waals surface area contributed by atoms with Crippen LogP contribution in [0.2, 0.25) is 0 Å². The van der Waals surface area contributed by atoms with Crippen molar-refractivity contribution in [2.24, 2.45) is 0 Å². The van der Waals surface area contributed by atoms with Gasteiger partial charge in [0.2, 0.25) is 0 Å². The van der Waals surface area contributed by atoms with E-state index in [-0.39, 0.29) is 6.61 Å². The summed E-state index contributed by atoms with van der Waals surface area (Å²) in [6.45, 7) is 3.78. The van der Waals surface area contributed by atoms with Crippen LogP contribution in [0.5, 0.6) is 0 Å². The summed E-state index contributed by atoms with van der Waals surface area (Å²) in [5, 5.41) is 8.72. The van der Waals surface area contributed by atoms with Crippen molar-refractivity contribution in [1.29, 1.82) is 0 Å². The highest BCUT2D eigenvalue weighted by Gasteiger charge is 2.13. The van der Waals surface area contributed by atoms with Gasteiger partial charge in [-0.05, 0) is 60.8 Å². The number of aliphatic hydroxyl groups excluding tert-OH is 1. The largest absolute Gasteiger partial charge is 0.396 e. The molecular weight excluding hydrogens is 224 g/mol. The molecule has 1 aliphatic rings. The lowest BCUT2D eigenvalue weighted by molar-refractivity contribution is 0.104. The fourth-order valence-electron chi connectivity index (χ4n) is 2.79. The van der Waals surface area contributed by atoms with Gasteiger partial charge in [-0.2, -0.15) is 0 Å². The Balaban J connectivity index is 2.06. The molecule has 0 spiro atoms. The molecule has 0 saturated carbocycles. The summed E-state index contributed by atoms with van der Waals surface area (Å²) in [6, 6.07) is 4.63. The molecule has 1 aliphatic carbocycles. The predicted molar refractivity (Wildman–Crippen MR) is 73.8 cm³/mol. The first-order valence-corrected chi connectivity index (χ1v) is 7.17. The molecule has 0 amide bonds. The molecule has 2 rings (SSSR count). The summed E-state index contributed by atoms with van der Waals surface area (Å²) >= 11 is 0. The second-order valence-electron chi connectivity index (χ2n) is 5.08. The van der Waals surface area contributed by atoms with Crippen molar-refractivity contribution in [3.63, 3.8) is 0 Å². The average Bonchev–Trinajstić information content (AvgIpc) is 2.42. The Kier molecular flexibility index (Phi) is 5.21. The van der Waals surface area contributed by atoms with Crippen LogP contribution >= 0.6 is 0 Å². The molecule has 0 heterocycles. The van der Waals surface area contributed by atoms with E-state index >= 15 is 0 Å². The van der Waals surface area contributed by atoms with Gasteiger partial charge in [0.05, 0.1) is 6.61 Å². The van der Waals surface area contributed by atoms with Crippen molar-refractivity contribution in [3.8, 4) is 0 Å². The Morgan fingerprint density at radius 1 is 1.22 bits per heavy atom. The van der Waals surface area contributed by atoms with Crippen molar-refractivity contribution < 1.29 is 9.84 Å². The minimum absolute atomic E-state index is 0.213. The number of fused-ring (bicyclic) bond motifs is 1. The molecule has 0 aliphatic heterocycles. The number of hydrogen-bond acceptors (Lipinski definition) is 2. The zero-order valence-corrected chi connectivity index (χ0v) is 11.4. The lowest BCUT2D eigenvalue weighted by Crippen LogP contribution is -2.08. The molecule has 18 heavy (non-hydrogen) atoms. The highest BCUT2D eigenvalue weighted by atomic mass is 16.5. The van der Waals surface area contributed by atoms with Crippen LogP contribution in [0, 0.1) is 0 Å². The van der Waals surface area contributed by atoms with Gasteiger partial charge < -0.3 is 9.84 Å². The first-order valence-electron chi connectivity index (χ1n) is 7.17. The summed E-state index contributed by atoms with van der Waals surface area (Å²) in [5.74, 6) is 0. The summed E-state index contributed by atoms with van der Waals surface area (Å²) < 4.78 is 5.59. The number of aliphatic hydroxyl groups is 1. The third-order valence-corrected chi connectivity index (χ3v) is 3.71. The standard InChI is InChI=1S/C16H24O2/c1-2-14-10-13(12-18-9-5-8-17)11-15-6-3-4-7-16(14)15/h10-11,17H,2-9,12H2,1H3. The van der Waals surface area contributed by atoms with E-state index in [1.165, 1.54) is 36.8 Å². The van der Waals surface area contributed by atoms with Gasteiger partial charge >= 0.3 is 0 Å². The molecule has 100 valence electrons. The maximum absolute atomic E-state index is 8.72. The third-order valence-electron chi connectivity index (χ3n) is 3.71. The molecule has 1 aromatic rings. The van der Waals surface area contributed by atoms with Crippen LogP contribution in [0.4, 0.5) is 0 Å². The summed E-state index contributed by atoms with van der Waals surface area (Å²) in [4.78, 5) is 0. The summed E-state index contributed by atoms with van der Waals surface area (Å²) in [5.41, 5.74) is 5.95. The Hall–Kier alpha value is -0.860. The maximum Gasteiger partial charge on any atom is 0.0717 e. The molecule has 0 aromatic heterocycles. The molecule has 0 bridgehead atoms. The van der Waals surface area contributed by atoms with Gasteiger partial charge in [0, 0.05) is 13.2 Å². The second-order valence-corrected chi connectivity index (χ2v) is 5.08. The molecule has 1 aromatic carbocycles. The van der Waals surface area contributed by atoms with Crippen molar-refractivity contribution >= 4 is 0 Å². The van der Waals surface area contributed by atoms with Crippen LogP contribution in [-0.2, 0) is 30.6 Å². The van der Waals surface area contributed by atoms with E-state index in [1.54, 1.807) is 11.1 Å². The summed E-state index contributed by atoms with van der Waals surface area (Å²) in [7, 11) is 0. The molecule has 0 fully saturated rings. The van der Waals surface area contributed by atoms with E-state index in [0.717, 1.165) is 12.8 Å². The zero-order valence-electron chi connectivity index (χ0n) is 11.4. The van der Waals surface area contributed by atoms with E-state index in [1.807, 2.05) is 0 Å². The van der Waals surface area contributed by atoms with Crippen LogP contribution in [0.3, 0.4) is 0 Å². The number of hydrogen-bond donors (Lipinski definition) is 1. The van der Waals surface area contributed by atoms with E-state index in [2.05, 4.69) is 19.1 Å². The Labute approximate surface area is 110 Å². The molecular formula is C16H24O2. The van der Waals surface area contributed by atoms with Gasteiger partial charge in [-0.15, -0.1) is 0 Å². The lowest BCUT2D eigenvalue weighted by Gasteiger charge is -2.20. The quantitative estimate of drug-likeness (QED) is 0.784. The van der Waals surface area contributed by atoms with E-state index in [4.69, 9.17) is 9.84 Å². The van der Waals surface area contributed by atoms with Gasteiger partial charge in [0.1, 0.15) is 0 Å². The Bertz CT molecular complexity index is 368. The van der Waals surface area contributed by atoms with Crippen LogP contribution in [0.25, 0.3) is 0 Å². The van der Waals surface area contributed by atoms with Gasteiger partial charge in [-0.1, -0.05) is 19.1 Å². The Morgan fingerprint density at radius 2 is 2.06 bits per heavy atom. The van der Waals surface area contributed by atoms with E-state index in [9.17, 15) is 0 Å². The van der Waals surface area contributed by atoms with Gasteiger partial charge in [0.15, 0.2) is 0 Å². The van der Waals surface area contributed by atoms with Crippen LogP contribution in [0.1, 0.15) is 48.4 Å². The SMILES string of the molecule is CCc1cc(COCCCO)cc2c1CCCC2. The first kappa shape index (κ1) is 13.6. The number of rotatable bonds is 6. The topological polar surface area (TPSA) is 29.5 Å². The van der Waals surface area contributed by atoms with Gasteiger partial charge in [-0.3, -0.25) is 0 Å². The highest BCUT2D eigenvalue weighted by Crippen LogP contribution is 2.26. The van der Waals surface area contributed by atoms with Crippen molar-refractivity contribution in [1.82, 2.24) is 0 Å². The number of benzene rings is 1. The fourth-order valence-corrected chi connectivity index (χ4v) is 2.79. The minimum atomic E-state index is 0.213. The van der Waals surface area contributed by atoms with Crippen molar-refractivity contribution in [2.45, 2.75) is 52.1 Å². The molecule has 2 heteroatoms. The van der Waals surface area contributed by atoms with Gasteiger partial charge in [0.25, 0.3) is 0 Å². The fraction of sp³-hybridized carbons (Fsp3) is 0.625. The number of aryl methyl sites for hydroxylation is 2. The molecule has 1 N–H and O–H groups in total. The van der Waals surface area contributed by atoms with Crippen molar-refractivity contribution in [3.05, 3.63) is 34.4 Å². The molecule has 0 saturated heterocycles. The number of ether oxygens (including phenoxy) is 1. The third kappa shape index (κ3) is 3.33. The second kappa shape index (κ2) is 6.91. The normalized spacial score (nSPS) is 14.6. The minimum Gasteiger partial charge on any atom is -0.396 e. The van der Waals surface area contributed by atoms with Crippen LogP contribution < -0.4 is 0 Å². The smallest absolute Gasteiger partial charge is 0.0717 e. The van der Waals surface area contributed by atoms with Crippen molar-refractivity contribution in [2.75, 3.05) is 13.2 Å². The predicted octanol–water partition coefficient (Wildman–Crippen LogP) is 3.03. The van der Waals surface area contributed by atoms with Gasteiger partial charge in [-0.25, -0.2) is 0 Å². The average molecular weight is 248 g/mol. The van der Waals surface area contributed by atoms with E-state index < -0.39 is 0 Å². The maximum atomic E-state index is 8.72.